The molecule has 162 valence electrons. The molecule has 0 radical (unpaired) electrons. The molecule has 0 aliphatic carbocycles. The Bertz CT molecular complexity index is 1120. The van der Waals surface area contributed by atoms with Crippen LogP contribution in [0.25, 0.3) is 5.65 Å². The van der Waals surface area contributed by atoms with Gasteiger partial charge in [0.1, 0.15) is 5.82 Å². The maximum Gasteiger partial charge on any atom is 0.453 e. The number of hydrogen-bond acceptors (Lipinski definition) is 6. The van der Waals surface area contributed by atoms with Crippen LogP contribution >= 0.6 is 0 Å². The quantitative estimate of drug-likeness (QED) is 0.637. The number of rotatable bonds is 4. The summed E-state index contributed by atoms with van der Waals surface area (Å²) in [6, 6.07) is 9.71. The fraction of sp³-hybridized carbons (Fsp3) is 0.350. The van der Waals surface area contributed by atoms with E-state index in [9.17, 15) is 22.8 Å². The number of Topliss-reactive ketones (excluding diaryl/α,β-unsaturated/α-hetero) is 1. The average molecular weight is 432 g/mol. The van der Waals surface area contributed by atoms with E-state index in [1.165, 1.54) is 13.0 Å². The van der Waals surface area contributed by atoms with Crippen LogP contribution in [0.2, 0.25) is 0 Å². The molecule has 11 heteroatoms. The molecular formula is C20H19F3N6O2. The van der Waals surface area contributed by atoms with Gasteiger partial charge in [0.05, 0.1) is 0 Å². The van der Waals surface area contributed by atoms with Crippen LogP contribution < -0.4 is 10.2 Å². The molecule has 3 heterocycles. The first-order chi connectivity index (χ1) is 14.7. The Morgan fingerprint density at radius 2 is 1.71 bits per heavy atom. The van der Waals surface area contributed by atoms with Gasteiger partial charge in [0.15, 0.2) is 11.4 Å². The van der Waals surface area contributed by atoms with Crippen LogP contribution in [0.1, 0.15) is 35.9 Å². The third kappa shape index (κ3) is 4.35. The monoisotopic (exact) mass is 432 g/mol. The van der Waals surface area contributed by atoms with Crippen LogP contribution in [-0.2, 0) is 11.0 Å². The summed E-state index contributed by atoms with van der Waals surface area (Å²) < 4.78 is 39.9. The number of nitrogens with one attached hydrogen (secondary N) is 1. The molecule has 1 fully saturated rings. The zero-order valence-electron chi connectivity index (χ0n) is 16.6. The number of piperidine rings is 1. The van der Waals surface area contributed by atoms with E-state index in [-0.39, 0.29) is 23.3 Å². The lowest BCUT2D eigenvalue weighted by Gasteiger charge is -2.32. The van der Waals surface area contributed by atoms with Crippen molar-refractivity contribution in [2.75, 3.05) is 23.3 Å². The second-order valence-corrected chi connectivity index (χ2v) is 7.37. The zero-order chi connectivity index (χ0) is 22.2. The van der Waals surface area contributed by atoms with E-state index in [1.807, 2.05) is 4.90 Å². The summed E-state index contributed by atoms with van der Waals surface area (Å²) in [7, 11) is 0. The summed E-state index contributed by atoms with van der Waals surface area (Å²) in [6.45, 7) is 2.42. The molecule has 0 saturated carbocycles. The van der Waals surface area contributed by atoms with Crippen LogP contribution in [-0.4, -0.2) is 44.6 Å². The number of aromatic nitrogens is 4. The molecule has 1 N–H and O–H groups in total. The molecule has 1 saturated heterocycles. The Hall–Kier alpha value is -3.50. The Kier molecular flexibility index (Phi) is 5.34. The Morgan fingerprint density at radius 1 is 1.03 bits per heavy atom. The lowest BCUT2D eigenvalue weighted by atomic mass is 9.95. The van der Waals surface area contributed by atoms with Crippen molar-refractivity contribution in [1.29, 1.82) is 0 Å². The number of fused-ring (bicyclic) bond motifs is 1. The lowest BCUT2D eigenvalue weighted by molar-refractivity contribution is -0.146. The SMILES string of the molecule is CC(=O)c1ccc(NC(=O)C2CCN(c3ccc4nnc(C(F)(F)F)n4n3)CC2)cc1. The second kappa shape index (κ2) is 7.97. The van der Waals surface area contributed by atoms with Crippen LogP contribution in [0.5, 0.6) is 0 Å². The van der Waals surface area contributed by atoms with Gasteiger partial charge in [-0.05, 0) is 56.2 Å². The molecule has 8 nitrogen and oxygen atoms in total. The molecule has 3 aromatic rings. The third-order valence-corrected chi connectivity index (χ3v) is 5.25. The van der Waals surface area contributed by atoms with E-state index in [0.717, 1.165) is 0 Å². The summed E-state index contributed by atoms with van der Waals surface area (Å²) in [5.74, 6) is -1.21. The Balaban J connectivity index is 1.40. The molecule has 1 amide bonds. The van der Waals surface area contributed by atoms with Crippen molar-refractivity contribution in [3.8, 4) is 0 Å². The highest BCUT2D eigenvalue weighted by Gasteiger charge is 2.38. The summed E-state index contributed by atoms with van der Waals surface area (Å²) >= 11 is 0. The largest absolute Gasteiger partial charge is 0.453 e. The Morgan fingerprint density at radius 3 is 2.32 bits per heavy atom. The fourth-order valence-electron chi connectivity index (χ4n) is 3.53. The predicted molar refractivity (Wildman–Crippen MR) is 106 cm³/mol. The molecule has 0 bridgehead atoms. The first-order valence-electron chi connectivity index (χ1n) is 9.69. The number of nitrogens with zero attached hydrogens (tertiary/aromatic N) is 5. The minimum Gasteiger partial charge on any atom is -0.355 e. The average Bonchev–Trinajstić information content (AvgIpc) is 3.18. The van der Waals surface area contributed by atoms with Crippen molar-refractivity contribution in [1.82, 2.24) is 19.8 Å². The van der Waals surface area contributed by atoms with Gasteiger partial charge in [-0.2, -0.15) is 17.7 Å². The van der Waals surface area contributed by atoms with Crippen molar-refractivity contribution in [2.24, 2.45) is 5.92 Å². The highest BCUT2D eigenvalue weighted by molar-refractivity contribution is 5.96. The number of anilines is 2. The van der Waals surface area contributed by atoms with Gasteiger partial charge in [-0.3, -0.25) is 9.59 Å². The summed E-state index contributed by atoms with van der Waals surface area (Å²) in [5, 5.41) is 13.6. The van der Waals surface area contributed by atoms with E-state index < -0.39 is 12.0 Å². The van der Waals surface area contributed by atoms with Gasteiger partial charge in [0, 0.05) is 30.3 Å². The number of halogens is 3. The number of carbonyl (C=O) groups is 2. The maximum atomic E-state index is 13.1. The normalized spacial score (nSPS) is 15.3. The highest BCUT2D eigenvalue weighted by Crippen LogP contribution is 2.29. The van der Waals surface area contributed by atoms with Gasteiger partial charge >= 0.3 is 6.18 Å². The standard InChI is InChI=1S/C20H19F3N6O2/c1-12(30)13-2-4-15(5-3-13)24-18(31)14-8-10-28(11-9-14)17-7-6-16-25-26-19(20(21,22)23)29(16)27-17/h2-7,14H,8-11H2,1H3,(H,24,31). The smallest absolute Gasteiger partial charge is 0.355 e. The lowest BCUT2D eigenvalue weighted by Crippen LogP contribution is -2.38. The van der Waals surface area contributed by atoms with Gasteiger partial charge in [-0.15, -0.1) is 15.3 Å². The summed E-state index contributed by atoms with van der Waals surface area (Å²) in [5.41, 5.74) is 1.19. The number of amides is 1. The molecule has 31 heavy (non-hydrogen) atoms. The zero-order valence-corrected chi connectivity index (χ0v) is 16.6. The number of benzene rings is 1. The van der Waals surface area contributed by atoms with Crippen molar-refractivity contribution in [2.45, 2.75) is 25.9 Å². The van der Waals surface area contributed by atoms with Crippen LogP contribution in [0.3, 0.4) is 0 Å². The summed E-state index contributed by atoms with van der Waals surface area (Å²) in [4.78, 5) is 25.7. The highest BCUT2D eigenvalue weighted by atomic mass is 19.4. The minimum atomic E-state index is -4.65. The summed E-state index contributed by atoms with van der Waals surface area (Å²) in [6.07, 6.45) is -3.59. The van der Waals surface area contributed by atoms with E-state index in [0.29, 0.717) is 47.5 Å². The van der Waals surface area contributed by atoms with Crippen LogP contribution in [0.15, 0.2) is 36.4 Å². The molecule has 1 aromatic carbocycles. The van der Waals surface area contributed by atoms with Crippen molar-refractivity contribution in [3.05, 3.63) is 47.8 Å². The number of carbonyl (C=O) groups excluding carboxylic acids is 2. The Labute approximate surface area is 175 Å². The number of ketones is 1. The first-order valence-corrected chi connectivity index (χ1v) is 9.69. The van der Waals surface area contributed by atoms with Crippen molar-refractivity contribution < 1.29 is 22.8 Å². The molecule has 0 spiro atoms. The molecular weight excluding hydrogens is 413 g/mol. The molecule has 1 aliphatic heterocycles. The first kappa shape index (κ1) is 20.8. The molecule has 2 aromatic heterocycles. The maximum absolute atomic E-state index is 13.1. The van der Waals surface area contributed by atoms with Gasteiger partial charge in [-0.25, -0.2) is 0 Å². The third-order valence-electron chi connectivity index (χ3n) is 5.25. The molecule has 1 aliphatic rings. The molecule has 0 unspecified atom stereocenters. The van der Waals surface area contributed by atoms with Crippen molar-refractivity contribution >= 4 is 28.8 Å². The molecule has 0 atom stereocenters. The van der Waals surface area contributed by atoms with Gasteiger partial charge in [-0.1, -0.05) is 0 Å². The van der Waals surface area contributed by atoms with E-state index in [2.05, 4.69) is 20.6 Å². The predicted octanol–water partition coefficient (Wildman–Crippen LogP) is 3.20. The van der Waals surface area contributed by atoms with E-state index >= 15 is 0 Å². The van der Waals surface area contributed by atoms with Gasteiger partial charge in [0.2, 0.25) is 5.91 Å². The number of alkyl halides is 3. The van der Waals surface area contributed by atoms with Crippen LogP contribution in [0, 0.1) is 5.92 Å². The minimum absolute atomic E-state index is 0.0149. The van der Waals surface area contributed by atoms with Gasteiger partial charge in [0.25, 0.3) is 5.82 Å². The topological polar surface area (TPSA) is 92.5 Å². The van der Waals surface area contributed by atoms with Crippen LogP contribution in [0.4, 0.5) is 24.7 Å². The van der Waals surface area contributed by atoms with E-state index in [4.69, 9.17) is 0 Å². The van der Waals surface area contributed by atoms with Gasteiger partial charge < -0.3 is 10.2 Å². The molecule has 4 rings (SSSR count). The number of hydrogen-bond donors (Lipinski definition) is 1. The van der Waals surface area contributed by atoms with Crippen molar-refractivity contribution in [3.63, 3.8) is 0 Å². The van der Waals surface area contributed by atoms with E-state index in [1.54, 1.807) is 30.3 Å². The fourth-order valence-corrected chi connectivity index (χ4v) is 3.53. The second-order valence-electron chi connectivity index (χ2n) is 7.37.